The van der Waals surface area contributed by atoms with Crippen LogP contribution in [0.3, 0.4) is 0 Å². The van der Waals surface area contributed by atoms with Gasteiger partial charge in [-0.05, 0) is 99.5 Å². The normalized spacial score (nSPS) is 12.6. The Morgan fingerprint density at radius 2 is 1.78 bits per heavy atom. The lowest BCUT2D eigenvalue weighted by Gasteiger charge is -2.23. The molecule has 0 saturated carbocycles. The van der Waals surface area contributed by atoms with E-state index >= 15 is 4.39 Å². The van der Waals surface area contributed by atoms with Gasteiger partial charge in [0.1, 0.15) is 11.3 Å². The number of fused-ring (bicyclic) bond motifs is 2. The largest absolute Gasteiger partial charge is 0.490 e. The maximum atomic E-state index is 15.3. The summed E-state index contributed by atoms with van der Waals surface area (Å²) in [6.07, 6.45) is 1.17. The minimum absolute atomic E-state index is 0.265. The molecule has 1 aliphatic heterocycles. The average molecular weight is 619 g/mol. The number of carboxylic acid groups (broad SMARTS) is 1. The van der Waals surface area contributed by atoms with Gasteiger partial charge in [-0.1, -0.05) is 12.1 Å². The summed E-state index contributed by atoms with van der Waals surface area (Å²) < 4.78 is 22.6. The summed E-state index contributed by atoms with van der Waals surface area (Å²) in [6, 6.07) is 11.1. The maximum Gasteiger partial charge on any atom is 0.307 e. The monoisotopic (exact) mass is 618 g/mol. The van der Waals surface area contributed by atoms with Crippen molar-refractivity contribution in [1.82, 2.24) is 14.9 Å². The number of ether oxygens (including phenoxy) is 1. The van der Waals surface area contributed by atoms with Crippen LogP contribution in [0.4, 0.5) is 10.1 Å². The van der Waals surface area contributed by atoms with Crippen molar-refractivity contribution in [3.05, 3.63) is 75.9 Å². The van der Waals surface area contributed by atoms with E-state index in [-0.39, 0.29) is 18.1 Å². The second-order valence-electron chi connectivity index (χ2n) is 12.7. The van der Waals surface area contributed by atoms with Crippen LogP contribution in [0.15, 0.2) is 36.4 Å². The number of aromatic nitrogens is 2. The number of aliphatic carboxylic acids is 1. The van der Waals surface area contributed by atoms with Gasteiger partial charge < -0.3 is 29.7 Å². The highest BCUT2D eigenvalue weighted by Crippen LogP contribution is 2.42. The van der Waals surface area contributed by atoms with Crippen LogP contribution in [-0.2, 0) is 31.2 Å². The predicted molar refractivity (Wildman–Crippen MR) is 175 cm³/mol. The van der Waals surface area contributed by atoms with Gasteiger partial charge in [0.2, 0.25) is 0 Å². The molecule has 3 N–H and O–H groups in total. The summed E-state index contributed by atoms with van der Waals surface area (Å²) in [4.78, 5) is 31.9. The molecule has 0 bridgehead atoms. The van der Waals surface area contributed by atoms with Crippen LogP contribution in [0.2, 0.25) is 0 Å². The molecule has 45 heavy (non-hydrogen) atoms. The highest BCUT2D eigenvalue weighted by molar-refractivity contribution is 6.04. The molecule has 3 heterocycles. The van der Waals surface area contributed by atoms with E-state index in [9.17, 15) is 14.7 Å². The number of carbonyl (C=O) groups is 2. The molecule has 0 spiro atoms. The molecule has 240 valence electrons. The van der Waals surface area contributed by atoms with Gasteiger partial charge in [0.25, 0.3) is 5.91 Å². The number of hydrogen-bond acceptors (Lipinski definition) is 6. The molecule has 0 fully saturated rings. The Kier molecular flexibility index (Phi) is 9.87. The van der Waals surface area contributed by atoms with E-state index in [0.717, 1.165) is 28.8 Å². The SMILES string of the molecule is CC(C)(C)O.Cc1nc2c(cc(C(=O)NCc3ccc(N(C)C)cc3)n2C)c(-c2cc(F)c3c(c2C)CCCO3)c1CC(=O)O. The molecular formula is C35H43FN4O5. The zero-order chi connectivity index (χ0) is 33.2. The number of anilines is 1. The van der Waals surface area contributed by atoms with E-state index in [0.29, 0.717) is 58.7 Å². The fourth-order valence-corrected chi connectivity index (χ4v) is 5.48. The fraction of sp³-hybridized carbons (Fsp3) is 0.400. The Morgan fingerprint density at radius 3 is 2.38 bits per heavy atom. The van der Waals surface area contributed by atoms with Gasteiger partial charge in [0, 0.05) is 50.0 Å². The molecule has 2 aromatic carbocycles. The lowest BCUT2D eigenvalue weighted by Crippen LogP contribution is -2.24. The average Bonchev–Trinajstić information content (AvgIpc) is 3.29. The quantitative estimate of drug-likeness (QED) is 0.243. The molecule has 0 unspecified atom stereocenters. The predicted octanol–water partition coefficient (Wildman–Crippen LogP) is 5.72. The van der Waals surface area contributed by atoms with Gasteiger partial charge in [-0.25, -0.2) is 9.37 Å². The second-order valence-corrected chi connectivity index (χ2v) is 12.7. The Bertz CT molecular complexity index is 1730. The molecule has 0 radical (unpaired) electrons. The van der Waals surface area contributed by atoms with E-state index in [1.807, 2.05) is 50.2 Å². The van der Waals surface area contributed by atoms with Crippen LogP contribution >= 0.6 is 0 Å². The number of amides is 1. The number of carbonyl (C=O) groups excluding carboxylic acids is 1. The van der Waals surface area contributed by atoms with Crippen molar-refractivity contribution in [3.8, 4) is 16.9 Å². The lowest BCUT2D eigenvalue weighted by molar-refractivity contribution is -0.136. The van der Waals surface area contributed by atoms with Gasteiger partial charge in [-0.15, -0.1) is 0 Å². The molecule has 9 nitrogen and oxygen atoms in total. The minimum Gasteiger partial charge on any atom is -0.490 e. The highest BCUT2D eigenvalue weighted by atomic mass is 19.1. The zero-order valence-corrected chi connectivity index (χ0v) is 27.3. The first-order valence-corrected chi connectivity index (χ1v) is 15.0. The Labute approximate surface area is 263 Å². The third-order valence-electron chi connectivity index (χ3n) is 7.65. The first-order chi connectivity index (χ1) is 21.1. The van der Waals surface area contributed by atoms with Crippen LogP contribution in [0, 0.1) is 19.7 Å². The molecule has 0 aliphatic carbocycles. The van der Waals surface area contributed by atoms with Crippen LogP contribution < -0.4 is 15.0 Å². The van der Waals surface area contributed by atoms with Crippen LogP contribution in [0.1, 0.15) is 65.6 Å². The Balaban J connectivity index is 0.000000854. The molecule has 5 rings (SSSR count). The summed E-state index contributed by atoms with van der Waals surface area (Å²) in [5, 5.41) is 21.8. The van der Waals surface area contributed by atoms with Gasteiger partial charge in [0.05, 0.1) is 18.6 Å². The highest BCUT2D eigenvalue weighted by Gasteiger charge is 2.27. The molecular weight excluding hydrogens is 575 g/mol. The molecule has 0 atom stereocenters. The number of nitrogens with one attached hydrogen (secondary N) is 1. The Hall–Kier alpha value is -4.44. The number of carboxylic acids is 1. The van der Waals surface area contributed by atoms with Crippen molar-refractivity contribution < 1.29 is 28.9 Å². The summed E-state index contributed by atoms with van der Waals surface area (Å²) >= 11 is 0. The van der Waals surface area contributed by atoms with E-state index in [2.05, 4.69) is 5.32 Å². The van der Waals surface area contributed by atoms with Crippen molar-refractivity contribution in [3.63, 3.8) is 0 Å². The van der Waals surface area contributed by atoms with Gasteiger partial charge in [0.15, 0.2) is 11.6 Å². The van der Waals surface area contributed by atoms with E-state index in [1.54, 1.807) is 45.4 Å². The number of hydrogen-bond donors (Lipinski definition) is 3. The van der Waals surface area contributed by atoms with Crippen molar-refractivity contribution in [2.45, 2.75) is 66.0 Å². The van der Waals surface area contributed by atoms with Crippen molar-refractivity contribution in [2.24, 2.45) is 7.05 Å². The summed E-state index contributed by atoms with van der Waals surface area (Å²) in [6.45, 7) is 9.69. The van der Waals surface area contributed by atoms with Crippen LogP contribution in [-0.4, -0.2) is 57.9 Å². The number of pyridine rings is 1. The fourth-order valence-electron chi connectivity index (χ4n) is 5.48. The molecule has 10 heteroatoms. The maximum absolute atomic E-state index is 15.3. The van der Waals surface area contributed by atoms with Crippen LogP contribution in [0.5, 0.6) is 5.75 Å². The van der Waals surface area contributed by atoms with Crippen LogP contribution in [0.25, 0.3) is 22.2 Å². The second kappa shape index (κ2) is 13.3. The third-order valence-corrected chi connectivity index (χ3v) is 7.65. The van der Waals surface area contributed by atoms with Gasteiger partial charge >= 0.3 is 5.97 Å². The standard InChI is InChI=1S/C31H33FN4O4.C4H10O/c1-17-21-7-6-12-40-29(21)25(32)13-22(17)28-23(15-27(37)38)18(2)34-30-24(28)14-26(36(30)5)31(39)33-16-19-8-10-20(11-9-19)35(3)4;1-4(2,3)5/h8-11,13-14H,6-7,12,15-16H2,1-5H3,(H,33,39)(H,37,38);5H,1-3H3. The smallest absolute Gasteiger partial charge is 0.307 e. The van der Waals surface area contributed by atoms with E-state index in [1.165, 1.54) is 6.07 Å². The molecule has 1 amide bonds. The number of benzene rings is 2. The topological polar surface area (TPSA) is 117 Å². The van der Waals surface area contributed by atoms with E-state index in [4.69, 9.17) is 14.8 Å². The summed E-state index contributed by atoms with van der Waals surface area (Å²) in [7, 11) is 5.69. The van der Waals surface area contributed by atoms with Gasteiger partial charge in [-0.3, -0.25) is 9.59 Å². The third kappa shape index (κ3) is 7.62. The van der Waals surface area contributed by atoms with E-state index < -0.39 is 17.4 Å². The molecule has 1 aliphatic rings. The van der Waals surface area contributed by atoms with Crippen molar-refractivity contribution in [2.75, 3.05) is 25.6 Å². The minimum atomic E-state index is -1.01. The van der Waals surface area contributed by atoms with Crippen molar-refractivity contribution in [1.29, 1.82) is 0 Å². The first kappa shape index (κ1) is 33.5. The molecule has 2 aromatic heterocycles. The number of aryl methyl sites for hydroxylation is 2. The molecule has 0 saturated heterocycles. The lowest BCUT2D eigenvalue weighted by atomic mass is 9.87. The number of halogens is 1. The van der Waals surface area contributed by atoms with Crippen molar-refractivity contribution >= 4 is 28.6 Å². The summed E-state index contributed by atoms with van der Waals surface area (Å²) in [5.41, 5.74) is 6.25. The summed E-state index contributed by atoms with van der Waals surface area (Å²) in [5.74, 6) is -1.52. The number of nitrogens with zero attached hydrogens (tertiary/aromatic N) is 3. The molecule has 4 aromatic rings. The number of aliphatic hydroxyl groups is 1. The zero-order valence-electron chi connectivity index (χ0n) is 27.3. The first-order valence-electron chi connectivity index (χ1n) is 15.0. The Morgan fingerprint density at radius 1 is 1.13 bits per heavy atom. The number of rotatable bonds is 7. The van der Waals surface area contributed by atoms with Gasteiger partial charge in [-0.2, -0.15) is 0 Å².